The fourth-order valence-corrected chi connectivity index (χ4v) is 4.01. The molecular weight excluding hydrogens is 503 g/mol. The minimum absolute atomic E-state index is 0.114. The molecule has 1 aliphatic heterocycles. The number of rotatable bonds is 8. The number of hydrogen-bond acceptors (Lipinski definition) is 10. The Labute approximate surface area is 206 Å². The Kier molecular flexibility index (Phi) is 7.24. The molecule has 2 unspecified atom stereocenters. The minimum Gasteiger partial charge on any atom is -0.394 e. The molecule has 13 nitrogen and oxygen atoms in total. The zero-order valence-corrected chi connectivity index (χ0v) is 19.2. The van der Waals surface area contributed by atoms with Gasteiger partial charge in [0, 0.05) is 19.0 Å². The van der Waals surface area contributed by atoms with Crippen molar-refractivity contribution in [2.45, 2.75) is 50.5 Å². The van der Waals surface area contributed by atoms with Gasteiger partial charge in [-0.05, 0) is 18.6 Å². The van der Waals surface area contributed by atoms with Crippen LogP contribution in [-0.2, 0) is 16.1 Å². The van der Waals surface area contributed by atoms with Gasteiger partial charge >= 0.3 is 12.1 Å². The molecule has 4 atom stereocenters. The number of nitrogens with zero attached hydrogens (tertiary/aromatic N) is 5. The van der Waals surface area contributed by atoms with Crippen molar-refractivity contribution in [1.29, 1.82) is 0 Å². The minimum atomic E-state index is -5.07. The second-order valence-electron chi connectivity index (χ2n) is 8.36. The number of alkyl halides is 3. The molecule has 0 aliphatic carbocycles. The highest BCUT2D eigenvalue weighted by Gasteiger charge is 2.38. The second-order valence-corrected chi connectivity index (χ2v) is 8.36. The molecular formula is C21H22F3N7O6. The standard InChI is InChI=1S/C21H22F3N7O6/c1-10(12-3-2-11(4-13(12)31(35)36)6-25-20(34)21(22,23)24)29-18-17-19(27-8-26-18)30(9-28-17)16-5-14(33)15(7-32)37-16/h2-4,8-10,14-16,32-33H,5-7H2,1H3,(H,25,34)(H,26,27,29)/t10?,14?,15-,16-/m1/s1. The number of carbonyl (C=O) groups excluding carboxylic acids is 1. The fraction of sp³-hybridized carbons (Fsp3) is 0.429. The predicted octanol–water partition coefficient (Wildman–Crippen LogP) is 1.73. The average molecular weight is 525 g/mol. The molecule has 16 heteroatoms. The lowest BCUT2D eigenvalue weighted by atomic mass is 10.0. The van der Waals surface area contributed by atoms with Crippen molar-refractivity contribution in [3.8, 4) is 0 Å². The third-order valence-electron chi connectivity index (χ3n) is 5.87. The van der Waals surface area contributed by atoms with Gasteiger partial charge in [0.2, 0.25) is 0 Å². The number of aliphatic hydroxyl groups is 2. The topological polar surface area (TPSA) is 178 Å². The van der Waals surface area contributed by atoms with Crippen molar-refractivity contribution in [3.63, 3.8) is 0 Å². The highest BCUT2D eigenvalue weighted by Crippen LogP contribution is 2.33. The zero-order valence-electron chi connectivity index (χ0n) is 19.2. The largest absolute Gasteiger partial charge is 0.471 e. The molecule has 3 heterocycles. The van der Waals surface area contributed by atoms with Gasteiger partial charge in [0.05, 0.1) is 35.6 Å². The quantitative estimate of drug-likeness (QED) is 0.250. The van der Waals surface area contributed by atoms with E-state index in [2.05, 4.69) is 20.3 Å². The summed E-state index contributed by atoms with van der Waals surface area (Å²) in [6.45, 7) is 0.733. The molecule has 0 bridgehead atoms. The summed E-state index contributed by atoms with van der Waals surface area (Å²) in [4.78, 5) is 34.7. The maximum Gasteiger partial charge on any atom is 0.471 e. The molecule has 1 aliphatic rings. The van der Waals surface area contributed by atoms with E-state index < -0.39 is 48.0 Å². The van der Waals surface area contributed by atoms with E-state index in [1.165, 1.54) is 24.8 Å². The van der Waals surface area contributed by atoms with E-state index in [0.29, 0.717) is 11.2 Å². The zero-order chi connectivity index (χ0) is 26.9. The number of ether oxygens (including phenoxy) is 1. The van der Waals surface area contributed by atoms with E-state index in [1.54, 1.807) is 16.8 Å². The first-order valence-electron chi connectivity index (χ1n) is 11.0. The van der Waals surface area contributed by atoms with Crippen LogP contribution < -0.4 is 10.6 Å². The van der Waals surface area contributed by atoms with E-state index in [0.717, 1.165) is 6.07 Å². The Balaban J connectivity index is 1.55. The molecule has 198 valence electrons. The van der Waals surface area contributed by atoms with E-state index in [1.807, 2.05) is 0 Å². The number of nitrogens with one attached hydrogen (secondary N) is 2. The van der Waals surface area contributed by atoms with Crippen LogP contribution in [0.1, 0.15) is 36.7 Å². The number of benzene rings is 1. The second kappa shape index (κ2) is 10.2. The van der Waals surface area contributed by atoms with Crippen molar-refractivity contribution in [2.75, 3.05) is 11.9 Å². The van der Waals surface area contributed by atoms with Crippen LogP contribution in [0.25, 0.3) is 11.2 Å². The number of nitro benzene ring substituents is 1. The molecule has 0 saturated carbocycles. The predicted molar refractivity (Wildman–Crippen MR) is 120 cm³/mol. The number of nitro groups is 1. The molecule has 0 radical (unpaired) electrons. The van der Waals surface area contributed by atoms with Crippen LogP contribution in [0.4, 0.5) is 24.7 Å². The monoisotopic (exact) mass is 525 g/mol. The van der Waals surface area contributed by atoms with Gasteiger partial charge in [-0.25, -0.2) is 15.0 Å². The molecule has 37 heavy (non-hydrogen) atoms. The number of halogens is 3. The van der Waals surface area contributed by atoms with E-state index in [-0.39, 0.29) is 35.7 Å². The molecule has 3 aromatic rings. The van der Waals surface area contributed by atoms with Gasteiger partial charge in [-0.3, -0.25) is 19.5 Å². The third-order valence-corrected chi connectivity index (χ3v) is 5.87. The number of aromatic nitrogens is 4. The SMILES string of the molecule is CC(Nc1ncnc2c1ncn2[C@H]1CC(O)[C@@H](CO)O1)c1ccc(CNC(=O)C(F)(F)F)cc1[N+](=O)[O-]. The van der Waals surface area contributed by atoms with Gasteiger partial charge < -0.3 is 25.6 Å². The van der Waals surface area contributed by atoms with Crippen LogP contribution in [0.2, 0.25) is 0 Å². The summed E-state index contributed by atoms with van der Waals surface area (Å²) in [5.41, 5.74) is 0.663. The lowest BCUT2D eigenvalue weighted by Crippen LogP contribution is -2.36. The summed E-state index contributed by atoms with van der Waals surface area (Å²) in [5, 5.41) is 35.8. The maximum atomic E-state index is 12.4. The van der Waals surface area contributed by atoms with Gasteiger partial charge in [-0.2, -0.15) is 13.2 Å². The molecule has 1 amide bonds. The average Bonchev–Trinajstić information content (AvgIpc) is 3.45. The molecule has 2 aromatic heterocycles. The fourth-order valence-electron chi connectivity index (χ4n) is 4.01. The lowest BCUT2D eigenvalue weighted by Gasteiger charge is -2.17. The molecule has 1 fully saturated rings. The highest BCUT2D eigenvalue weighted by atomic mass is 19.4. The number of aliphatic hydroxyl groups excluding tert-OH is 2. The van der Waals surface area contributed by atoms with Crippen molar-refractivity contribution in [2.24, 2.45) is 0 Å². The Bertz CT molecular complexity index is 1320. The van der Waals surface area contributed by atoms with Crippen LogP contribution >= 0.6 is 0 Å². The highest BCUT2D eigenvalue weighted by molar-refractivity contribution is 5.83. The first kappa shape index (κ1) is 26.2. The number of carbonyl (C=O) groups is 1. The number of imidazole rings is 1. The Morgan fingerprint density at radius 3 is 2.76 bits per heavy atom. The van der Waals surface area contributed by atoms with Crippen LogP contribution in [0.15, 0.2) is 30.9 Å². The van der Waals surface area contributed by atoms with Gasteiger partial charge in [-0.1, -0.05) is 6.07 Å². The number of fused-ring (bicyclic) bond motifs is 1. The molecule has 0 spiro atoms. The molecule has 1 aromatic carbocycles. The maximum absolute atomic E-state index is 12.4. The summed E-state index contributed by atoms with van der Waals surface area (Å²) in [5.74, 6) is -1.89. The number of amides is 1. The van der Waals surface area contributed by atoms with E-state index >= 15 is 0 Å². The first-order valence-corrected chi connectivity index (χ1v) is 11.0. The van der Waals surface area contributed by atoms with Gasteiger partial charge in [0.1, 0.15) is 18.7 Å². The van der Waals surface area contributed by atoms with Gasteiger partial charge in [0.25, 0.3) is 5.69 Å². The Hall–Kier alpha value is -3.89. The molecule has 4 rings (SSSR count). The summed E-state index contributed by atoms with van der Waals surface area (Å²) >= 11 is 0. The number of anilines is 1. The number of hydrogen-bond donors (Lipinski definition) is 4. The summed E-state index contributed by atoms with van der Waals surface area (Å²) in [7, 11) is 0. The lowest BCUT2D eigenvalue weighted by molar-refractivity contribution is -0.385. The summed E-state index contributed by atoms with van der Waals surface area (Å²) in [6, 6.07) is 3.16. The Morgan fingerprint density at radius 1 is 1.35 bits per heavy atom. The van der Waals surface area contributed by atoms with Crippen LogP contribution in [0.3, 0.4) is 0 Å². The summed E-state index contributed by atoms with van der Waals surface area (Å²) in [6.07, 6.45) is -4.38. The van der Waals surface area contributed by atoms with Crippen LogP contribution in [0, 0.1) is 10.1 Å². The van der Waals surface area contributed by atoms with Gasteiger partial charge in [0.15, 0.2) is 17.0 Å². The smallest absolute Gasteiger partial charge is 0.394 e. The Morgan fingerprint density at radius 2 is 2.11 bits per heavy atom. The third kappa shape index (κ3) is 5.45. The summed E-state index contributed by atoms with van der Waals surface area (Å²) < 4.78 is 44.5. The van der Waals surface area contributed by atoms with E-state index in [4.69, 9.17) is 4.74 Å². The molecule has 1 saturated heterocycles. The van der Waals surface area contributed by atoms with Crippen LogP contribution in [-0.4, -0.2) is 65.6 Å². The van der Waals surface area contributed by atoms with E-state index in [9.17, 15) is 38.3 Å². The normalized spacial score (nSPS) is 20.6. The van der Waals surface area contributed by atoms with Crippen molar-refractivity contribution >= 4 is 28.6 Å². The van der Waals surface area contributed by atoms with Gasteiger partial charge in [-0.15, -0.1) is 0 Å². The van der Waals surface area contributed by atoms with Crippen molar-refractivity contribution in [3.05, 3.63) is 52.1 Å². The first-order chi connectivity index (χ1) is 17.5. The molecule has 4 N–H and O–H groups in total. The van der Waals surface area contributed by atoms with Crippen molar-refractivity contribution < 1.29 is 37.8 Å². The van der Waals surface area contributed by atoms with Crippen LogP contribution in [0.5, 0.6) is 0 Å². The van der Waals surface area contributed by atoms with Crippen molar-refractivity contribution in [1.82, 2.24) is 24.8 Å².